The Morgan fingerprint density at radius 1 is 1.33 bits per heavy atom. The van der Waals surface area contributed by atoms with E-state index < -0.39 is 6.10 Å². The van der Waals surface area contributed by atoms with Crippen LogP contribution in [0.2, 0.25) is 0 Å². The van der Waals surface area contributed by atoms with Crippen LogP contribution in [0.25, 0.3) is 0 Å². The summed E-state index contributed by atoms with van der Waals surface area (Å²) in [6, 6.07) is 9.84. The van der Waals surface area contributed by atoms with Crippen molar-refractivity contribution in [1.29, 1.82) is 0 Å². The highest BCUT2D eigenvalue weighted by atomic mass is 16.3. The van der Waals surface area contributed by atoms with Crippen LogP contribution in [-0.4, -0.2) is 10.1 Å². The molecule has 15 heavy (non-hydrogen) atoms. The van der Waals surface area contributed by atoms with Gasteiger partial charge in [-0.05, 0) is 12.5 Å². The smallest absolute Gasteiger partial charge is 0.181 e. The quantitative estimate of drug-likeness (QED) is 0.832. The summed E-state index contributed by atoms with van der Waals surface area (Å²) in [6.07, 6.45) is 1.33. The lowest BCUT2D eigenvalue weighted by Gasteiger charge is -2.07. The fraction of sp³-hybridized carbons (Fsp3) is 0.250. The van der Waals surface area contributed by atoms with E-state index in [9.17, 15) is 5.11 Å². The number of aliphatic hydroxyl groups excluding tert-OH is 1. The molecule has 1 aromatic heterocycles. The molecule has 0 amide bonds. The fourth-order valence-electron chi connectivity index (χ4n) is 1.57. The minimum Gasteiger partial charge on any atom is -0.448 e. The van der Waals surface area contributed by atoms with E-state index in [1.165, 1.54) is 6.39 Å². The number of aliphatic hydroxyl groups is 1. The van der Waals surface area contributed by atoms with Gasteiger partial charge in [-0.15, -0.1) is 0 Å². The van der Waals surface area contributed by atoms with E-state index in [1.54, 1.807) is 6.92 Å². The Labute approximate surface area is 88.4 Å². The summed E-state index contributed by atoms with van der Waals surface area (Å²) in [5.74, 6) is 0.679. The highest BCUT2D eigenvalue weighted by molar-refractivity contribution is 5.18. The first kappa shape index (κ1) is 9.93. The maximum absolute atomic E-state index is 9.92. The Balaban J connectivity index is 2.11. The molecule has 3 heteroatoms. The lowest BCUT2D eigenvalue weighted by Crippen LogP contribution is -2.03. The van der Waals surface area contributed by atoms with E-state index in [0.29, 0.717) is 17.9 Å². The van der Waals surface area contributed by atoms with Crippen molar-refractivity contribution in [2.45, 2.75) is 19.4 Å². The third-order valence-corrected chi connectivity index (χ3v) is 2.37. The van der Waals surface area contributed by atoms with Gasteiger partial charge in [0.05, 0.1) is 0 Å². The van der Waals surface area contributed by atoms with Gasteiger partial charge in [-0.1, -0.05) is 30.3 Å². The van der Waals surface area contributed by atoms with Crippen molar-refractivity contribution in [2.75, 3.05) is 0 Å². The van der Waals surface area contributed by atoms with Crippen LogP contribution in [0, 0.1) is 6.92 Å². The average molecular weight is 203 g/mol. The van der Waals surface area contributed by atoms with E-state index in [4.69, 9.17) is 4.42 Å². The van der Waals surface area contributed by atoms with Gasteiger partial charge in [-0.2, -0.15) is 0 Å². The number of nitrogens with zero attached hydrogens (tertiary/aromatic N) is 1. The molecule has 1 heterocycles. The number of aryl methyl sites for hydroxylation is 1. The first-order valence-corrected chi connectivity index (χ1v) is 4.89. The number of aromatic nitrogens is 1. The maximum atomic E-state index is 9.92. The molecule has 0 fully saturated rings. The SMILES string of the molecule is Cc1ocnc1C(O)Cc1ccccc1. The zero-order valence-corrected chi connectivity index (χ0v) is 8.55. The second kappa shape index (κ2) is 4.28. The third kappa shape index (κ3) is 2.25. The largest absolute Gasteiger partial charge is 0.448 e. The van der Waals surface area contributed by atoms with Crippen molar-refractivity contribution in [3.05, 3.63) is 53.7 Å². The molecular formula is C12H13NO2. The normalized spacial score (nSPS) is 12.7. The average Bonchev–Trinajstić information content (AvgIpc) is 2.66. The molecule has 0 aliphatic rings. The Hall–Kier alpha value is -1.61. The van der Waals surface area contributed by atoms with Gasteiger partial charge >= 0.3 is 0 Å². The fourth-order valence-corrected chi connectivity index (χ4v) is 1.57. The summed E-state index contributed by atoms with van der Waals surface area (Å²) < 4.78 is 5.05. The van der Waals surface area contributed by atoms with Crippen LogP contribution in [-0.2, 0) is 6.42 Å². The third-order valence-electron chi connectivity index (χ3n) is 2.37. The van der Waals surface area contributed by atoms with Gasteiger partial charge in [0.25, 0.3) is 0 Å². The lowest BCUT2D eigenvalue weighted by molar-refractivity contribution is 0.172. The van der Waals surface area contributed by atoms with Gasteiger partial charge in [0.1, 0.15) is 17.6 Å². The molecule has 0 saturated heterocycles. The number of benzene rings is 1. The second-order valence-corrected chi connectivity index (χ2v) is 3.50. The second-order valence-electron chi connectivity index (χ2n) is 3.50. The predicted octanol–water partition coefficient (Wildman–Crippen LogP) is 2.26. The molecule has 0 aliphatic heterocycles. The van der Waals surface area contributed by atoms with E-state index in [1.807, 2.05) is 30.3 Å². The first-order chi connectivity index (χ1) is 7.27. The van der Waals surface area contributed by atoms with Crippen molar-refractivity contribution in [2.24, 2.45) is 0 Å². The van der Waals surface area contributed by atoms with Crippen LogP contribution >= 0.6 is 0 Å². The monoisotopic (exact) mass is 203 g/mol. The van der Waals surface area contributed by atoms with Crippen molar-refractivity contribution in [1.82, 2.24) is 4.98 Å². The number of hydrogen-bond acceptors (Lipinski definition) is 3. The van der Waals surface area contributed by atoms with Crippen LogP contribution in [0.3, 0.4) is 0 Å². The van der Waals surface area contributed by atoms with Gasteiger partial charge in [-0.25, -0.2) is 4.98 Å². The molecule has 1 N–H and O–H groups in total. The Morgan fingerprint density at radius 3 is 2.67 bits per heavy atom. The van der Waals surface area contributed by atoms with Gasteiger partial charge in [-0.3, -0.25) is 0 Å². The minimum absolute atomic E-state index is 0.564. The molecular weight excluding hydrogens is 190 g/mol. The zero-order chi connectivity index (χ0) is 10.7. The molecule has 2 aromatic rings. The van der Waals surface area contributed by atoms with Crippen molar-refractivity contribution >= 4 is 0 Å². The molecule has 0 aliphatic carbocycles. The Bertz CT molecular complexity index is 422. The topological polar surface area (TPSA) is 46.3 Å². The van der Waals surface area contributed by atoms with E-state index in [2.05, 4.69) is 4.98 Å². The van der Waals surface area contributed by atoms with Gasteiger partial charge in [0.15, 0.2) is 6.39 Å². The summed E-state index contributed by atoms with van der Waals surface area (Å²) >= 11 is 0. The molecule has 1 unspecified atom stereocenters. The van der Waals surface area contributed by atoms with Crippen LogP contribution in [0.1, 0.15) is 23.1 Å². The van der Waals surface area contributed by atoms with E-state index >= 15 is 0 Å². The summed E-state index contributed by atoms with van der Waals surface area (Å²) in [7, 11) is 0. The number of rotatable bonds is 3. The molecule has 1 aromatic carbocycles. The molecule has 1 atom stereocenters. The highest BCUT2D eigenvalue weighted by Gasteiger charge is 2.14. The lowest BCUT2D eigenvalue weighted by atomic mass is 10.1. The van der Waals surface area contributed by atoms with Crippen LogP contribution in [0.15, 0.2) is 41.1 Å². The zero-order valence-electron chi connectivity index (χ0n) is 8.55. The maximum Gasteiger partial charge on any atom is 0.181 e. The predicted molar refractivity (Wildman–Crippen MR) is 56.3 cm³/mol. The van der Waals surface area contributed by atoms with Crippen LogP contribution in [0.5, 0.6) is 0 Å². The van der Waals surface area contributed by atoms with Gasteiger partial charge in [0, 0.05) is 6.42 Å². The molecule has 0 saturated carbocycles. The van der Waals surface area contributed by atoms with Gasteiger partial charge in [0.2, 0.25) is 0 Å². The van der Waals surface area contributed by atoms with E-state index in [-0.39, 0.29) is 0 Å². The number of oxazole rings is 1. The molecule has 78 valence electrons. The van der Waals surface area contributed by atoms with Crippen LogP contribution in [0.4, 0.5) is 0 Å². The summed E-state index contributed by atoms with van der Waals surface area (Å²) in [6.45, 7) is 1.80. The molecule has 0 radical (unpaired) electrons. The number of hydrogen-bond donors (Lipinski definition) is 1. The molecule has 2 rings (SSSR count). The van der Waals surface area contributed by atoms with E-state index in [0.717, 1.165) is 5.56 Å². The Kier molecular flexibility index (Phi) is 2.83. The Morgan fingerprint density at radius 2 is 2.07 bits per heavy atom. The van der Waals surface area contributed by atoms with Crippen molar-refractivity contribution in [3.63, 3.8) is 0 Å². The van der Waals surface area contributed by atoms with Crippen molar-refractivity contribution in [3.8, 4) is 0 Å². The highest BCUT2D eigenvalue weighted by Crippen LogP contribution is 2.19. The molecule has 3 nitrogen and oxygen atoms in total. The standard InChI is InChI=1S/C12H13NO2/c1-9-12(13-8-15-9)11(14)7-10-5-3-2-4-6-10/h2-6,8,11,14H,7H2,1H3. The summed E-state index contributed by atoms with van der Waals surface area (Å²) in [4.78, 5) is 4.00. The first-order valence-electron chi connectivity index (χ1n) is 4.89. The van der Waals surface area contributed by atoms with Crippen molar-refractivity contribution < 1.29 is 9.52 Å². The van der Waals surface area contributed by atoms with Gasteiger partial charge < -0.3 is 9.52 Å². The summed E-state index contributed by atoms with van der Waals surface area (Å²) in [5, 5.41) is 9.92. The van der Waals surface area contributed by atoms with Crippen LogP contribution < -0.4 is 0 Å². The summed E-state index contributed by atoms with van der Waals surface area (Å²) in [5.41, 5.74) is 1.71. The molecule has 0 spiro atoms. The molecule has 0 bridgehead atoms. The minimum atomic E-state index is -0.592.